The summed E-state index contributed by atoms with van der Waals surface area (Å²) in [5, 5.41) is 3.45. The first-order valence-corrected chi connectivity index (χ1v) is 7.23. The molecular formula is C16H21N3O. The van der Waals surface area contributed by atoms with Gasteiger partial charge in [-0.1, -0.05) is 12.1 Å². The minimum absolute atomic E-state index is 0.0152. The molecule has 1 aliphatic rings. The summed E-state index contributed by atoms with van der Waals surface area (Å²) in [5.41, 5.74) is 3.28. The summed E-state index contributed by atoms with van der Waals surface area (Å²) in [5.74, 6) is 0.559. The van der Waals surface area contributed by atoms with Crippen molar-refractivity contribution in [2.24, 2.45) is 7.05 Å². The van der Waals surface area contributed by atoms with E-state index in [1.807, 2.05) is 19.2 Å². The van der Waals surface area contributed by atoms with Crippen LogP contribution in [0.1, 0.15) is 30.0 Å². The molecule has 0 amide bonds. The highest BCUT2D eigenvalue weighted by atomic mass is 16.1. The normalized spacial score (nSPS) is 19.2. The third-order valence-electron chi connectivity index (χ3n) is 4.12. The van der Waals surface area contributed by atoms with E-state index in [9.17, 15) is 4.79 Å². The lowest BCUT2D eigenvalue weighted by molar-refractivity contribution is 0.461. The predicted molar refractivity (Wildman–Crippen MR) is 80.6 cm³/mol. The minimum Gasteiger partial charge on any atom is -0.316 e. The molecule has 2 aromatic rings. The summed E-state index contributed by atoms with van der Waals surface area (Å²) in [4.78, 5) is 12.2. The van der Waals surface area contributed by atoms with Crippen molar-refractivity contribution in [1.29, 1.82) is 0 Å². The van der Waals surface area contributed by atoms with Gasteiger partial charge in [-0.25, -0.2) is 4.79 Å². The molecule has 1 aromatic heterocycles. The molecule has 106 valence electrons. The second kappa shape index (κ2) is 5.29. The van der Waals surface area contributed by atoms with Gasteiger partial charge in [0, 0.05) is 25.5 Å². The molecule has 0 bridgehead atoms. The zero-order valence-electron chi connectivity index (χ0n) is 12.1. The van der Waals surface area contributed by atoms with Crippen molar-refractivity contribution in [2.45, 2.75) is 25.7 Å². The average Bonchev–Trinajstić information content (AvgIpc) is 2.73. The number of aromatic nitrogens is 2. The first-order chi connectivity index (χ1) is 9.66. The molecule has 4 heteroatoms. The Kier molecular flexibility index (Phi) is 3.49. The number of aryl methyl sites for hydroxylation is 2. The van der Waals surface area contributed by atoms with Crippen molar-refractivity contribution in [1.82, 2.24) is 14.5 Å². The fraction of sp³-hybridized carbons (Fsp3) is 0.438. The van der Waals surface area contributed by atoms with Crippen LogP contribution >= 0.6 is 0 Å². The number of imidazole rings is 1. The summed E-state index contributed by atoms with van der Waals surface area (Å²) >= 11 is 0. The summed E-state index contributed by atoms with van der Waals surface area (Å²) < 4.78 is 3.41. The van der Waals surface area contributed by atoms with Gasteiger partial charge in [-0.2, -0.15) is 0 Å². The summed E-state index contributed by atoms with van der Waals surface area (Å²) in [6.45, 7) is 4.12. The molecular weight excluding hydrogens is 250 g/mol. The number of hydrogen-bond acceptors (Lipinski definition) is 2. The Hall–Kier alpha value is -1.81. The Morgan fingerprint density at radius 1 is 1.35 bits per heavy atom. The Morgan fingerprint density at radius 2 is 2.20 bits per heavy atom. The molecule has 20 heavy (non-hydrogen) atoms. The van der Waals surface area contributed by atoms with Gasteiger partial charge in [0.25, 0.3) is 0 Å². The van der Waals surface area contributed by atoms with Crippen LogP contribution in [-0.4, -0.2) is 22.2 Å². The van der Waals surface area contributed by atoms with Gasteiger partial charge in [0.2, 0.25) is 0 Å². The van der Waals surface area contributed by atoms with E-state index in [1.165, 1.54) is 18.4 Å². The van der Waals surface area contributed by atoms with E-state index in [2.05, 4.69) is 23.5 Å². The van der Waals surface area contributed by atoms with Gasteiger partial charge in [-0.15, -0.1) is 0 Å². The molecule has 1 atom stereocenters. The standard InChI is InChI=1S/C16H21N3O/c1-12-11-18(2)16(20)19(12)15-7-3-5-13(9-15)14-6-4-8-17-10-14/h3,5,7,9,11,14,17H,4,6,8,10H2,1-2H3. The van der Waals surface area contributed by atoms with Gasteiger partial charge in [-0.3, -0.25) is 4.57 Å². The Balaban J connectivity index is 2.00. The van der Waals surface area contributed by atoms with Crippen LogP contribution in [0.5, 0.6) is 0 Å². The van der Waals surface area contributed by atoms with Crippen molar-refractivity contribution in [2.75, 3.05) is 13.1 Å². The van der Waals surface area contributed by atoms with E-state index in [4.69, 9.17) is 0 Å². The van der Waals surface area contributed by atoms with Crippen molar-refractivity contribution < 1.29 is 0 Å². The number of benzene rings is 1. The molecule has 1 aliphatic heterocycles. The Morgan fingerprint density at radius 3 is 2.85 bits per heavy atom. The first-order valence-electron chi connectivity index (χ1n) is 7.23. The van der Waals surface area contributed by atoms with E-state index in [0.717, 1.165) is 24.5 Å². The van der Waals surface area contributed by atoms with Crippen molar-refractivity contribution in [3.63, 3.8) is 0 Å². The molecule has 1 N–H and O–H groups in total. The number of hydrogen-bond donors (Lipinski definition) is 1. The maximum atomic E-state index is 12.2. The summed E-state index contributed by atoms with van der Waals surface area (Å²) in [6.07, 6.45) is 4.31. The molecule has 1 fully saturated rings. The number of piperidine rings is 1. The predicted octanol–water partition coefficient (Wildman–Crippen LogP) is 1.95. The van der Waals surface area contributed by atoms with Gasteiger partial charge in [-0.05, 0) is 49.9 Å². The van der Waals surface area contributed by atoms with Crippen molar-refractivity contribution in [3.8, 4) is 5.69 Å². The fourth-order valence-corrected chi connectivity index (χ4v) is 3.07. The minimum atomic E-state index is 0.0152. The van der Waals surface area contributed by atoms with E-state index >= 15 is 0 Å². The smallest absolute Gasteiger partial charge is 0.316 e. The first kappa shape index (κ1) is 13.2. The molecule has 3 rings (SSSR count). The van der Waals surface area contributed by atoms with E-state index in [1.54, 1.807) is 16.2 Å². The fourth-order valence-electron chi connectivity index (χ4n) is 3.07. The molecule has 0 spiro atoms. The van der Waals surface area contributed by atoms with Crippen LogP contribution in [0.15, 0.2) is 35.3 Å². The third kappa shape index (κ3) is 2.31. The quantitative estimate of drug-likeness (QED) is 0.907. The van der Waals surface area contributed by atoms with Crippen LogP contribution in [0.4, 0.5) is 0 Å². The highest BCUT2D eigenvalue weighted by Crippen LogP contribution is 2.24. The number of nitrogens with one attached hydrogen (secondary N) is 1. The van der Waals surface area contributed by atoms with Gasteiger partial charge >= 0.3 is 5.69 Å². The second-order valence-electron chi connectivity index (χ2n) is 5.64. The lowest BCUT2D eigenvalue weighted by atomic mass is 9.91. The van der Waals surface area contributed by atoms with Gasteiger partial charge in [0.15, 0.2) is 0 Å². The monoisotopic (exact) mass is 271 g/mol. The topological polar surface area (TPSA) is 39.0 Å². The van der Waals surface area contributed by atoms with Crippen molar-refractivity contribution >= 4 is 0 Å². The zero-order chi connectivity index (χ0) is 14.1. The van der Waals surface area contributed by atoms with E-state index < -0.39 is 0 Å². The molecule has 1 unspecified atom stereocenters. The van der Waals surface area contributed by atoms with Crippen LogP contribution in [0.2, 0.25) is 0 Å². The third-order valence-corrected chi connectivity index (χ3v) is 4.12. The highest BCUT2D eigenvalue weighted by molar-refractivity contribution is 5.39. The average molecular weight is 271 g/mol. The van der Waals surface area contributed by atoms with Gasteiger partial charge < -0.3 is 9.88 Å². The van der Waals surface area contributed by atoms with Crippen LogP contribution in [0.3, 0.4) is 0 Å². The molecule has 1 saturated heterocycles. The molecule has 0 aliphatic carbocycles. The largest absolute Gasteiger partial charge is 0.332 e. The lowest BCUT2D eigenvalue weighted by Gasteiger charge is -2.23. The highest BCUT2D eigenvalue weighted by Gasteiger charge is 2.16. The Labute approximate surface area is 119 Å². The van der Waals surface area contributed by atoms with Crippen LogP contribution in [0.25, 0.3) is 5.69 Å². The molecule has 4 nitrogen and oxygen atoms in total. The number of rotatable bonds is 2. The Bertz CT molecular complexity index is 663. The molecule has 0 radical (unpaired) electrons. The summed E-state index contributed by atoms with van der Waals surface area (Å²) in [6, 6.07) is 8.39. The molecule has 2 heterocycles. The summed E-state index contributed by atoms with van der Waals surface area (Å²) in [7, 11) is 1.79. The second-order valence-corrected chi connectivity index (χ2v) is 5.64. The van der Waals surface area contributed by atoms with Crippen molar-refractivity contribution in [3.05, 3.63) is 52.2 Å². The van der Waals surface area contributed by atoms with E-state index in [-0.39, 0.29) is 5.69 Å². The van der Waals surface area contributed by atoms with Crippen LogP contribution < -0.4 is 11.0 Å². The lowest BCUT2D eigenvalue weighted by Crippen LogP contribution is -2.28. The molecule has 1 aromatic carbocycles. The maximum Gasteiger partial charge on any atom is 0.332 e. The van der Waals surface area contributed by atoms with Gasteiger partial charge in [0.05, 0.1) is 5.69 Å². The van der Waals surface area contributed by atoms with Crippen LogP contribution in [0, 0.1) is 6.92 Å². The van der Waals surface area contributed by atoms with E-state index in [0.29, 0.717) is 5.92 Å². The SMILES string of the molecule is Cc1cn(C)c(=O)n1-c1cccc(C2CCCNC2)c1. The number of nitrogens with zero attached hydrogens (tertiary/aromatic N) is 2. The van der Waals surface area contributed by atoms with Gasteiger partial charge in [0.1, 0.15) is 0 Å². The zero-order valence-corrected chi connectivity index (χ0v) is 12.1. The molecule has 0 saturated carbocycles. The maximum absolute atomic E-state index is 12.2. The van der Waals surface area contributed by atoms with Crippen LogP contribution in [-0.2, 0) is 7.05 Å².